The molecule has 0 bridgehead atoms. The van der Waals surface area contributed by atoms with Crippen LogP contribution < -0.4 is 10.2 Å². The Labute approximate surface area is 127 Å². The third-order valence-corrected chi connectivity index (χ3v) is 4.15. The van der Waals surface area contributed by atoms with E-state index in [2.05, 4.69) is 32.1 Å². The highest BCUT2D eigenvalue weighted by Gasteiger charge is 2.16. The fourth-order valence-corrected chi connectivity index (χ4v) is 2.79. The Morgan fingerprint density at radius 3 is 2.57 bits per heavy atom. The molecule has 1 saturated heterocycles. The van der Waals surface area contributed by atoms with E-state index in [0.717, 1.165) is 32.1 Å². The lowest BCUT2D eigenvalue weighted by molar-refractivity contribution is 0.102. The number of carbonyl (C=O) groups is 1. The van der Waals surface area contributed by atoms with Crippen LogP contribution >= 0.6 is 11.3 Å². The second-order valence-electron chi connectivity index (χ2n) is 5.03. The van der Waals surface area contributed by atoms with Crippen LogP contribution in [0.2, 0.25) is 0 Å². The molecule has 0 radical (unpaired) electrons. The monoisotopic (exact) mass is 303 g/mol. The molecule has 1 amide bonds. The zero-order chi connectivity index (χ0) is 14.7. The van der Waals surface area contributed by atoms with Gasteiger partial charge in [-0.1, -0.05) is 0 Å². The number of likely N-dealkylation sites (N-methyl/N-ethyl adjacent to an activating group) is 1. The molecule has 0 aliphatic carbocycles. The summed E-state index contributed by atoms with van der Waals surface area (Å²) in [6.45, 7) is 3.88. The van der Waals surface area contributed by atoms with Gasteiger partial charge in [0.1, 0.15) is 0 Å². The zero-order valence-electron chi connectivity index (χ0n) is 11.8. The minimum absolute atomic E-state index is 0.132. The van der Waals surface area contributed by atoms with Crippen molar-refractivity contribution in [1.82, 2.24) is 14.9 Å². The quantitative estimate of drug-likeness (QED) is 0.932. The summed E-state index contributed by atoms with van der Waals surface area (Å²) in [5.74, 6) is 0.587. The number of nitrogens with zero attached hydrogens (tertiary/aromatic N) is 4. The van der Waals surface area contributed by atoms with E-state index in [1.807, 2.05) is 10.8 Å². The fraction of sp³-hybridized carbons (Fsp3) is 0.357. The van der Waals surface area contributed by atoms with Crippen molar-refractivity contribution in [3.05, 3.63) is 34.8 Å². The molecule has 110 valence electrons. The average Bonchev–Trinajstić information content (AvgIpc) is 3.03. The molecule has 0 spiro atoms. The maximum absolute atomic E-state index is 11.9. The van der Waals surface area contributed by atoms with Crippen LogP contribution in [0.3, 0.4) is 0 Å². The van der Waals surface area contributed by atoms with Crippen molar-refractivity contribution in [2.24, 2.45) is 0 Å². The number of hydrogen-bond donors (Lipinski definition) is 1. The van der Waals surface area contributed by atoms with Gasteiger partial charge in [-0.05, 0) is 18.5 Å². The van der Waals surface area contributed by atoms with Crippen molar-refractivity contribution in [2.45, 2.75) is 0 Å². The van der Waals surface area contributed by atoms with Gasteiger partial charge in [0.05, 0.1) is 23.6 Å². The molecule has 1 N–H and O–H groups in total. The first-order valence-electron chi connectivity index (χ1n) is 6.81. The van der Waals surface area contributed by atoms with Gasteiger partial charge >= 0.3 is 0 Å². The standard InChI is InChI=1S/C14H17N5OS/c1-18-3-5-19(6-4-18)14-15-8-12(9-16-14)17-13(20)11-2-7-21-10-11/h2,7-10H,3-6H2,1H3,(H,17,20). The Kier molecular flexibility index (Phi) is 4.12. The third kappa shape index (κ3) is 3.37. The van der Waals surface area contributed by atoms with Crippen LogP contribution in [-0.2, 0) is 0 Å². The summed E-state index contributed by atoms with van der Waals surface area (Å²) in [5, 5.41) is 6.49. The van der Waals surface area contributed by atoms with E-state index < -0.39 is 0 Å². The summed E-state index contributed by atoms with van der Waals surface area (Å²) in [5.41, 5.74) is 1.27. The second-order valence-corrected chi connectivity index (χ2v) is 5.81. The van der Waals surface area contributed by atoms with Crippen molar-refractivity contribution in [2.75, 3.05) is 43.4 Å². The third-order valence-electron chi connectivity index (χ3n) is 3.47. The summed E-state index contributed by atoms with van der Waals surface area (Å²) in [6, 6.07) is 1.79. The summed E-state index contributed by atoms with van der Waals surface area (Å²) < 4.78 is 0. The molecule has 0 atom stereocenters. The summed E-state index contributed by atoms with van der Waals surface area (Å²) in [4.78, 5) is 25.1. The van der Waals surface area contributed by atoms with Gasteiger partial charge in [-0.2, -0.15) is 11.3 Å². The number of amides is 1. The Bertz CT molecular complexity index is 590. The predicted molar refractivity (Wildman–Crippen MR) is 84.0 cm³/mol. The summed E-state index contributed by atoms with van der Waals surface area (Å²) >= 11 is 1.50. The van der Waals surface area contributed by atoms with Crippen molar-refractivity contribution < 1.29 is 4.79 Å². The van der Waals surface area contributed by atoms with E-state index in [1.165, 1.54) is 11.3 Å². The van der Waals surface area contributed by atoms with Gasteiger partial charge in [-0.15, -0.1) is 0 Å². The van der Waals surface area contributed by atoms with Crippen LogP contribution in [0, 0.1) is 0 Å². The highest BCUT2D eigenvalue weighted by molar-refractivity contribution is 7.08. The first-order valence-corrected chi connectivity index (χ1v) is 7.76. The molecule has 21 heavy (non-hydrogen) atoms. The number of nitrogens with one attached hydrogen (secondary N) is 1. The molecular formula is C14H17N5OS. The number of piperazine rings is 1. The van der Waals surface area contributed by atoms with E-state index in [1.54, 1.807) is 18.5 Å². The first kappa shape index (κ1) is 14.0. The molecular weight excluding hydrogens is 286 g/mol. The smallest absolute Gasteiger partial charge is 0.256 e. The van der Waals surface area contributed by atoms with Gasteiger partial charge in [0.15, 0.2) is 0 Å². The average molecular weight is 303 g/mol. The van der Waals surface area contributed by atoms with Crippen LogP contribution in [0.1, 0.15) is 10.4 Å². The van der Waals surface area contributed by atoms with E-state index in [4.69, 9.17) is 0 Å². The van der Waals surface area contributed by atoms with E-state index in [-0.39, 0.29) is 5.91 Å². The molecule has 3 rings (SSSR count). The van der Waals surface area contributed by atoms with Crippen molar-refractivity contribution in [1.29, 1.82) is 0 Å². The lowest BCUT2D eigenvalue weighted by Crippen LogP contribution is -2.45. The van der Waals surface area contributed by atoms with Crippen LogP contribution in [0.15, 0.2) is 29.2 Å². The largest absolute Gasteiger partial charge is 0.338 e. The van der Waals surface area contributed by atoms with Gasteiger partial charge in [0.2, 0.25) is 5.95 Å². The van der Waals surface area contributed by atoms with Crippen molar-refractivity contribution in [3.8, 4) is 0 Å². The van der Waals surface area contributed by atoms with Crippen molar-refractivity contribution in [3.63, 3.8) is 0 Å². The number of hydrogen-bond acceptors (Lipinski definition) is 6. The molecule has 0 aromatic carbocycles. The molecule has 7 heteroatoms. The number of anilines is 2. The van der Waals surface area contributed by atoms with Crippen LogP contribution in [0.5, 0.6) is 0 Å². The lowest BCUT2D eigenvalue weighted by atomic mass is 10.3. The Balaban J connectivity index is 1.63. The van der Waals surface area contributed by atoms with Gasteiger partial charge in [0.25, 0.3) is 5.91 Å². The highest BCUT2D eigenvalue weighted by atomic mass is 32.1. The number of thiophene rings is 1. The summed E-state index contributed by atoms with van der Waals surface area (Å²) in [6.07, 6.45) is 3.32. The maximum Gasteiger partial charge on any atom is 0.256 e. The van der Waals surface area contributed by atoms with Gasteiger partial charge in [0, 0.05) is 31.6 Å². The molecule has 2 aromatic rings. The first-order chi connectivity index (χ1) is 10.2. The minimum Gasteiger partial charge on any atom is -0.338 e. The molecule has 0 saturated carbocycles. The Morgan fingerprint density at radius 1 is 1.24 bits per heavy atom. The van der Waals surface area contributed by atoms with Crippen molar-refractivity contribution >= 4 is 28.9 Å². The zero-order valence-corrected chi connectivity index (χ0v) is 12.6. The SMILES string of the molecule is CN1CCN(c2ncc(NC(=O)c3ccsc3)cn2)CC1. The fourth-order valence-electron chi connectivity index (χ4n) is 2.15. The van der Waals surface area contributed by atoms with E-state index >= 15 is 0 Å². The number of carbonyl (C=O) groups excluding carboxylic acids is 1. The van der Waals surface area contributed by atoms with Crippen LogP contribution in [-0.4, -0.2) is 54.0 Å². The predicted octanol–water partition coefficient (Wildman–Crippen LogP) is 1.54. The molecule has 3 heterocycles. The Hall–Kier alpha value is -1.99. The maximum atomic E-state index is 11.9. The van der Waals surface area contributed by atoms with E-state index in [0.29, 0.717) is 11.3 Å². The number of rotatable bonds is 3. The number of aromatic nitrogens is 2. The van der Waals surface area contributed by atoms with Gasteiger partial charge < -0.3 is 15.1 Å². The molecule has 1 aliphatic heterocycles. The molecule has 6 nitrogen and oxygen atoms in total. The normalized spacial score (nSPS) is 16.0. The summed E-state index contributed by atoms with van der Waals surface area (Å²) in [7, 11) is 2.11. The molecule has 0 unspecified atom stereocenters. The Morgan fingerprint density at radius 2 is 1.95 bits per heavy atom. The van der Waals surface area contributed by atoms with Gasteiger partial charge in [-0.3, -0.25) is 4.79 Å². The molecule has 1 aliphatic rings. The van der Waals surface area contributed by atoms with Crippen LogP contribution in [0.25, 0.3) is 0 Å². The molecule has 2 aromatic heterocycles. The second kappa shape index (κ2) is 6.19. The topological polar surface area (TPSA) is 61.4 Å². The van der Waals surface area contributed by atoms with E-state index in [9.17, 15) is 4.79 Å². The molecule has 1 fully saturated rings. The lowest BCUT2D eigenvalue weighted by Gasteiger charge is -2.32. The highest BCUT2D eigenvalue weighted by Crippen LogP contribution is 2.14. The minimum atomic E-state index is -0.132. The van der Waals surface area contributed by atoms with Crippen LogP contribution in [0.4, 0.5) is 11.6 Å². The van der Waals surface area contributed by atoms with Gasteiger partial charge in [-0.25, -0.2) is 9.97 Å².